The number of rotatable bonds is 4. The predicted molar refractivity (Wildman–Crippen MR) is 55.0 cm³/mol. The summed E-state index contributed by atoms with van der Waals surface area (Å²) in [4.78, 5) is 0. The minimum Gasteiger partial charge on any atom is -0.361 e. The molecule has 1 heterocycles. The SMILES string of the molecule is Cc1noc(C)c1CNCC1(C)CC1. The molecule has 0 radical (unpaired) electrons. The van der Waals surface area contributed by atoms with E-state index in [1.54, 1.807) is 0 Å². The highest BCUT2D eigenvalue weighted by molar-refractivity contribution is 5.20. The molecule has 0 spiro atoms. The average Bonchev–Trinajstić information content (AvgIpc) is 2.79. The lowest BCUT2D eigenvalue weighted by molar-refractivity contribution is 0.391. The summed E-state index contributed by atoms with van der Waals surface area (Å²) in [6.45, 7) is 8.28. The van der Waals surface area contributed by atoms with Gasteiger partial charge in [0.25, 0.3) is 0 Å². The first-order valence-corrected chi connectivity index (χ1v) is 5.23. The highest BCUT2D eigenvalue weighted by Gasteiger charge is 2.36. The van der Waals surface area contributed by atoms with Crippen molar-refractivity contribution in [2.24, 2.45) is 5.41 Å². The van der Waals surface area contributed by atoms with Crippen LogP contribution in [0.5, 0.6) is 0 Å². The second kappa shape index (κ2) is 3.39. The Morgan fingerprint density at radius 3 is 2.64 bits per heavy atom. The molecule has 0 saturated heterocycles. The monoisotopic (exact) mass is 194 g/mol. The van der Waals surface area contributed by atoms with Crippen LogP contribution in [0, 0.1) is 19.3 Å². The molecule has 2 rings (SSSR count). The van der Waals surface area contributed by atoms with Crippen LogP contribution in [0.4, 0.5) is 0 Å². The molecule has 3 nitrogen and oxygen atoms in total. The molecule has 14 heavy (non-hydrogen) atoms. The summed E-state index contributed by atoms with van der Waals surface area (Å²) < 4.78 is 5.10. The van der Waals surface area contributed by atoms with Gasteiger partial charge >= 0.3 is 0 Å². The van der Waals surface area contributed by atoms with E-state index < -0.39 is 0 Å². The minimum absolute atomic E-state index is 0.568. The number of aryl methyl sites for hydroxylation is 2. The second-order valence-electron chi connectivity index (χ2n) is 4.72. The van der Waals surface area contributed by atoms with Crippen molar-refractivity contribution in [2.75, 3.05) is 6.54 Å². The van der Waals surface area contributed by atoms with Gasteiger partial charge in [-0.1, -0.05) is 12.1 Å². The molecule has 0 atom stereocenters. The van der Waals surface area contributed by atoms with E-state index >= 15 is 0 Å². The molecule has 1 aliphatic carbocycles. The summed E-state index contributed by atoms with van der Waals surface area (Å²) in [6, 6.07) is 0. The highest BCUT2D eigenvalue weighted by atomic mass is 16.5. The Kier molecular flexibility index (Phi) is 2.35. The molecule has 0 amide bonds. The maximum absolute atomic E-state index is 5.10. The van der Waals surface area contributed by atoms with Crippen LogP contribution in [0.2, 0.25) is 0 Å². The predicted octanol–water partition coefficient (Wildman–Crippen LogP) is 2.18. The van der Waals surface area contributed by atoms with E-state index in [0.717, 1.165) is 24.5 Å². The fourth-order valence-electron chi connectivity index (χ4n) is 1.63. The quantitative estimate of drug-likeness (QED) is 0.798. The number of hydrogen-bond acceptors (Lipinski definition) is 3. The van der Waals surface area contributed by atoms with Crippen molar-refractivity contribution in [3.8, 4) is 0 Å². The summed E-state index contributed by atoms with van der Waals surface area (Å²) in [5.41, 5.74) is 2.80. The largest absolute Gasteiger partial charge is 0.361 e. The summed E-state index contributed by atoms with van der Waals surface area (Å²) in [6.07, 6.45) is 2.73. The molecule has 78 valence electrons. The van der Waals surface area contributed by atoms with E-state index in [9.17, 15) is 0 Å². The molecule has 0 aliphatic heterocycles. The van der Waals surface area contributed by atoms with Gasteiger partial charge in [-0.25, -0.2) is 0 Å². The van der Waals surface area contributed by atoms with Crippen LogP contribution in [-0.4, -0.2) is 11.7 Å². The third kappa shape index (κ3) is 1.98. The van der Waals surface area contributed by atoms with Crippen LogP contribution in [-0.2, 0) is 6.54 Å². The van der Waals surface area contributed by atoms with Crippen molar-refractivity contribution >= 4 is 0 Å². The van der Waals surface area contributed by atoms with Gasteiger partial charge in [0.1, 0.15) is 5.76 Å². The number of nitrogens with one attached hydrogen (secondary N) is 1. The Balaban J connectivity index is 1.85. The van der Waals surface area contributed by atoms with Gasteiger partial charge in [-0.15, -0.1) is 0 Å². The zero-order valence-electron chi connectivity index (χ0n) is 9.18. The zero-order valence-corrected chi connectivity index (χ0v) is 9.18. The Hall–Kier alpha value is -0.830. The first-order chi connectivity index (χ1) is 6.61. The van der Waals surface area contributed by atoms with Gasteiger partial charge in [-0.3, -0.25) is 0 Å². The van der Waals surface area contributed by atoms with Crippen molar-refractivity contribution in [1.29, 1.82) is 0 Å². The third-order valence-corrected chi connectivity index (χ3v) is 3.14. The van der Waals surface area contributed by atoms with Gasteiger partial charge < -0.3 is 9.84 Å². The molecule has 3 heteroatoms. The Morgan fingerprint density at radius 2 is 2.14 bits per heavy atom. The van der Waals surface area contributed by atoms with Crippen LogP contribution in [0.15, 0.2) is 4.52 Å². The Morgan fingerprint density at radius 1 is 1.43 bits per heavy atom. The number of nitrogens with zero attached hydrogens (tertiary/aromatic N) is 1. The molecule has 1 fully saturated rings. The van der Waals surface area contributed by atoms with Crippen molar-refractivity contribution in [2.45, 2.75) is 40.2 Å². The summed E-state index contributed by atoms with van der Waals surface area (Å²) >= 11 is 0. The van der Waals surface area contributed by atoms with Gasteiger partial charge in [-0.05, 0) is 32.1 Å². The summed E-state index contributed by atoms with van der Waals surface area (Å²) in [5, 5.41) is 7.40. The lowest BCUT2D eigenvalue weighted by Gasteiger charge is -2.09. The first kappa shape index (κ1) is 9.71. The second-order valence-corrected chi connectivity index (χ2v) is 4.72. The maximum atomic E-state index is 5.10. The Labute approximate surface area is 84.9 Å². The number of hydrogen-bond donors (Lipinski definition) is 1. The van der Waals surface area contributed by atoms with Gasteiger partial charge in [0.05, 0.1) is 5.69 Å². The molecule has 1 aliphatic rings. The van der Waals surface area contributed by atoms with Gasteiger partial charge in [-0.2, -0.15) is 0 Å². The summed E-state index contributed by atoms with van der Waals surface area (Å²) in [7, 11) is 0. The Bertz CT molecular complexity index is 307. The lowest BCUT2D eigenvalue weighted by atomic mass is 10.1. The molecular weight excluding hydrogens is 176 g/mol. The molecule has 1 aromatic rings. The van der Waals surface area contributed by atoms with E-state index in [-0.39, 0.29) is 0 Å². The van der Waals surface area contributed by atoms with Gasteiger partial charge in [0.2, 0.25) is 0 Å². The van der Waals surface area contributed by atoms with E-state index in [4.69, 9.17) is 4.52 Å². The molecule has 0 aromatic carbocycles. The van der Waals surface area contributed by atoms with Crippen LogP contribution in [0.25, 0.3) is 0 Å². The minimum atomic E-state index is 0.568. The topological polar surface area (TPSA) is 38.1 Å². The van der Waals surface area contributed by atoms with E-state index in [0.29, 0.717) is 5.41 Å². The zero-order chi connectivity index (χ0) is 10.2. The van der Waals surface area contributed by atoms with Crippen LogP contribution >= 0.6 is 0 Å². The molecule has 0 unspecified atom stereocenters. The molecule has 0 bridgehead atoms. The van der Waals surface area contributed by atoms with E-state index in [2.05, 4.69) is 17.4 Å². The maximum Gasteiger partial charge on any atom is 0.138 e. The van der Waals surface area contributed by atoms with Crippen LogP contribution < -0.4 is 5.32 Å². The lowest BCUT2D eigenvalue weighted by Crippen LogP contribution is -2.21. The van der Waals surface area contributed by atoms with Crippen molar-refractivity contribution in [1.82, 2.24) is 10.5 Å². The molecule has 1 aromatic heterocycles. The molecule has 1 saturated carbocycles. The van der Waals surface area contributed by atoms with Crippen molar-refractivity contribution in [3.63, 3.8) is 0 Å². The average molecular weight is 194 g/mol. The fourth-order valence-corrected chi connectivity index (χ4v) is 1.63. The van der Waals surface area contributed by atoms with Gasteiger partial charge in [0, 0.05) is 18.7 Å². The van der Waals surface area contributed by atoms with E-state index in [1.165, 1.54) is 18.4 Å². The van der Waals surface area contributed by atoms with Crippen LogP contribution in [0.1, 0.15) is 36.8 Å². The normalized spacial score (nSPS) is 18.5. The highest BCUT2D eigenvalue weighted by Crippen LogP contribution is 2.44. The van der Waals surface area contributed by atoms with Crippen LogP contribution in [0.3, 0.4) is 0 Å². The summed E-state index contributed by atoms with van der Waals surface area (Å²) in [5.74, 6) is 0.941. The standard InChI is InChI=1S/C11H18N2O/c1-8-10(9(2)14-13-8)6-12-7-11(3)4-5-11/h12H,4-7H2,1-3H3. The first-order valence-electron chi connectivity index (χ1n) is 5.23. The number of aromatic nitrogens is 1. The van der Waals surface area contributed by atoms with Gasteiger partial charge in [0.15, 0.2) is 0 Å². The smallest absolute Gasteiger partial charge is 0.138 e. The van der Waals surface area contributed by atoms with Crippen molar-refractivity contribution in [3.05, 3.63) is 17.0 Å². The molecule has 1 N–H and O–H groups in total. The van der Waals surface area contributed by atoms with E-state index in [1.807, 2.05) is 13.8 Å². The third-order valence-electron chi connectivity index (χ3n) is 3.14. The molecular formula is C11H18N2O. The fraction of sp³-hybridized carbons (Fsp3) is 0.727. The van der Waals surface area contributed by atoms with Crippen molar-refractivity contribution < 1.29 is 4.52 Å².